The highest BCUT2D eigenvalue weighted by atomic mass is 16.5. The molecule has 0 saturated carbocycles. The predicted molar refractivity (Wildman–Crippen MR) is 54.9 cm³/mol. The van der Waals surface area contributed by atoms with Crippen molar-refractivity contribution in [3.05, 3.63) is 23.8 Å². The highest BCUT2D eigenvalue weighted by Gasteiger charge is 2.22. The number of hydrogen-bond acceptors (Lipinski definition) is 3. The topological polar surface area (TPSA) is 30.5 Å². The molecule has 0 fully saturated rings. The molecule has 76 valence electrons. The summed E-state index contributed by atoms with van der Waals surface area (Å²) in [4.78, 5) is 0. The van der Waals surface area contributed by atoms with Crippen molar-refractivity contribution in [2.24, 2.45) is 0 Å². The second-order valence-electron chi connectivity index (χ2n) is 3.28. The molecule has 0 radical (unpaired) electrons. The summed E-state index contributed by atoms with van der Waals surface area (Å²) in [5, 5.41) is 3.21. The van der Waals surface area contributed by atoms with Crippen molar-refractivity contribution >= 4 is 0 Å². The van der Waals surface area contributed by atoms with Gasteiger partial charge in [0.15, 0.2) is 0 Å². The van der Waals surface area contributed by atoms with E-state index in [1.165, 1.54) is 5.56 Å². The maximum Gasteiger partial charge on any atom is 0.124 e. The molecule has 0 aliphatic carbocycles. The van der Waals surface area contributed by atoms with Crippen molar-refractivity contribution in [3.63, 3.8) is 0 Å². The molecule has 0 spiro atoms. The summed E-state index contributed by atoms with van der Waals surface area (Å²) in [6, 6.07) is 6.26. The van der Waals surface area contributed by atoms with Gasteiger partial charge in [-0.1, -0.05) is 0 Å². The van der Waals surface area contributed by atoms with Gasteiger partial charge in [0.25, 0.3) is 0 Å². The molecule has 14 heavy (non-hydrogen) atoms. The highest BCUT2D eigenvalue weighted by molar-refractivity contribution is 5.44. The third kappa shape index (κ3) is 1.55. The first-order chi connectivity index (χ1) is 6.85. The van der Waals surface area contributed by atoms with Gasteiger partial charge in [-0.05, 0) is 32.2 Å². The van der Waals surface area contributed by atoms with E-state index in [1.54, 1.807) is 0 Å². The molecular weight excluding hydrogens is 178 g/mol. The minimum absolute atomic E-state index is 0.297. The van der Waals surface area contributed by atoms with Gasteiger partial charge in [-0.25, -0.2) is 0 Å². The Labute approximate surface area is 84.0 Å². The van der Waals surface area contributed by atoms with Crippen LogP contribution in [0.4, 0.5) is 0 Å². The SMILES string of the molecule is CCOc1ccc2c(c1)C(NC)CO2. The molecule has 1 N–H and O–H groups in total. The van der Waals surface area contributed by atoms with Crippen LogP contribution in [0.3, 0.4) is 0 Å². The van der Waals surface area contributed by atoms with Crippen molar-refractivity contribution in [2.45, 2.75) is 13.0 Å². The average Bonchev–Trinajstić information content (AvgIpc) is 2.60. The molecule has 1 unspecified atom stereocenters. The number of fused-ring (bicyclic) bond motifs is 1. The standard InChI is InChI=1S/C11H15NO2/c1-3-13-8-4-5-11-9(6-8)10(12-2)7-14-11/h4-6,10,12H,3,7H2,1-2H3. The molecule has 0 saturated heterocycles. The van der Waals surface area contributed by atoms with Crippen molar-refractivity contribution in [3.8, 4) is 11.5 Å². The Morgan fingerprint density at radius 3 is 3.14 bits per heavy atom. The van der Waals surface area contributed by atoms with E-state index in [0.717, 1.165) is 11.5 Å². The Hall–Kier alpha value is -1.22. The van der Waals surface area contributed by atoms with Gasteiger partial charge in [0.2, 0.25) is 0 Å². The van der Waals surface area contributed by atoms with Gasteiger partial charge in [-0.15, -0.1) is 0 Å². The Morgan fingerprint density at radius 1 is 1.57 bits per heavy atom. The lowest BCUT2D eigenvalue weighted by molar-refractivity contribution is 0.318. The lowest BCUT2D eigenvalue weighted by atomic mass is 10.1. The number of hydrogen-bond donors (Lipinski definition) is 1. The van der Waals surface area contributed by atoms with Crippen LogP contribution >= 0.6 is 0 Å². The number of ether oxygens (including phenoxy) is 2. The summed E-state index contributed by atoms with van der Waals surface area (Å²) in [6.07, 6.45) is 0. The van der Waals surface area contributed by atoms with Crippen LogP contribution in [-0.4, -0.2) is 20.3 Å². The van der Waals surface area contributed by atoms with Crippen LogP contribution in [0.25, 0.3) is 0 Å². The number of benzene rings is 1. The first kappa shape index (κ1) is 9.34. The summed E-state index contributed by atoms with van der Waals surface area (Å²) in [6.45, 7) is 3.39. The van der Waals surface area contributed by atoms with Gasteiger partial charge in [-0.2, -0.15) is 0 Å². The summed E-state index contributed by atoms with van der Waals surface area (Å²) < 4.78 is 11.0. The van der Waals surface area contributed by atoms with E-state index in [9.17, 15) is 0 Å². The van der Waals surface area contributed by atoms with Gasteiger partial charge < -0.3 is 14.8 Å². The first-order valence-corrected chi connectivity index (χ1v) is 4.92. The predicted octanol–water partition coefficient (Wildman–Crippen LogP) is 1.74. The number of likely N-dealkylation sites (N-methyl/N-ethyl adjacent to an activating group) is 1. The minimum Gasteiger partial charge on any atom is -0.494 e. The van der Waals surface area contributed by atoms with E-state index in [-0.39, 0.29) is 0 Å². The van der Waals surface area contributed by atoms with Crippen molar-refractivity contribution in [1.82, 2.24) is 5.32 Å². The Bertz CT molecular complexity index is 325. The Balaban J connectivity index is 2.28. The molecule has 1 heterocycles. The zero-order chi connectivity index (χ0) is 9.97. The van der Waals surface area contributed by atoms with Crippen molar-refractivity contribution < 1.29 is 9.47 Å². The third-order valence-corrected chi connectivity index (χ3v) is 2.42. The lowest BCUT2D eigenvalue weighted by Crippen LogP contribution is -2.17. The fourth-order valence-electron chi connectivity index (χ4n) is 1.69. The second kappa shape index (κ2) is 3.88. The first-order valence-electron chi connectivity index (χ1n) is 4.92. The fraction of sp³-hybridized carbons (Fsp3) is 0.455. The van der Waals surface area contributed by atoms with Crippen LogP contribution in [0, 0.1) is 0 Å². The highest BCUT2D eigenvalue weighted by Crippen LogP contribution is 2.34. The summed E-state index contributed by atoms with van der Waals surface area (Å²) in [5.41, 5.74) is 1.19. The maximum absolute atomic E-state index is 5.52. The van der Waals surface area contributed by atoms with E-state index in [1.807, 2.05) is 32.2 Å². The van der Waals surface area contributed by atoms with Crippen LogP contribution in [-0.2, 0) is 0 Å². The Morgan fingerprint density at radius 2 is 2.43 bits per heavy atom. The van der Waals surface area contributed by atoms with Crippen molar-refractivity contribution in [1.29, 1.82) is 0 Å². The monoisotopic (exact) mass is 193 g/mol. The summed E-state index contributed by atoms with van der Waals surface area (Å²) in [7, 11) is 1.94. The molecule has 3 heteroatoms. The molecule has 0 aromatic heterocycles. The van der Waals surface area contributed by atoms with E-state index >= 15 is 0 Å². The van der Waals surface area contributed by atoms with E-state index in [2.05, 4.69) is 5.32 Å². The zero-order valence-corrected chi connectivity index (χ0v) is 8.54. The molecule has 0 amide bonds. The van der Waals surface area contributed by atoms with Crippen LogP contribution in [0.2, 0.25) is 0 Å². The molecule has 1 atom stereocenters. The van der Waals surface area contributed by atoms with Gasteiger partial charge in [-0.3, -0.25) is 0 Å². The number of nitrogens with one attached hydrogen (secondary N) is 1. The van der Waals surface area contributed by atoms with E-state index in [0.29, 0.717) is 19.3 Å². The Kier molecular flexibility index (Phi) is 2.59. The molecular formula is C11H15NO2. The minimum atomic E-state index is 0.297. The molecule has 1 aromatic rings. The summed E-state index contributed by atoms with van der Waals surface area (Å²) >= 11 is 0. The van der Waals surface area contributed by atoms with Crippen LogP contribution in [0.1, 0.15) is 18.5 Å². The smallest absolute Gasteiger partial charge is 0.124 e. The zero-order valence-electron chi connectivity index (χ0n) is 8.54. The number of rotatable bonds is 3. The van der Waals surface area contributed by atoms with E-state index < -0.39 is 0 Å². The molecule has 2 rings (SSSR count). The summed E-state index contributed by atoms with van der Waals surface area (Å²) in [5.74, 6) is 1.88. The molecule has 1 aromatic carbocycles. The second-order valence-corrected chi connectivity index (χ2v) is 3.28. The third-order valence-electron chi connectivity index (χ3n) is 2.42. The van der Waals surface area contributed by atoms with Gasteiger partial charge in [0.05, 0.1) is 12.6 Å². The van der Waals surface area contributed by atoms with Crippen LogP contribution in [0.5, 0.6) is 11.5 Å². The van der Waals surface area contributed by atoms with Crippen LogP contribution in [0.15, 0.2) is 18.2 Å². The maximum atomic E-state index is 5.52. The lowest BCUT2D eigenvalue weighted by Gasteiger charge is -2.08. The van der Waals surface area contributed by atoms with Gasteiger partial charge in [0.1, 0.15) is 18.1 Å². The molecule has 0 bridgehead atoms. The van der Waals surface area contributed by atoms with Gasteiger partial charge in [0, 0.05) is 5.56 Å². The van der Waals surface area contributed by atoms with Crippen molar-refractivity contribution in [2.75, 3.05) is 20.3 Å². The largest absolute Gasteiger partial charge is 0.494 e. The normalized spacial score (nSPS) is 18.9. The van der Waals surface area contributed by atoms with Gasteiger partial charge >= 0.3 is 0 Å². The molecule has 1 aliphatic heterocycles. The van der Waals surface area contributed by atoms with Crippen LogP contribution < -0.4 is 14.8 Å². The fourth-order valence-corrected chi connectivity index (χ4v) is 1.69. The molecule has 1 aliphatic rings. The quantitative estimate of drug-likeness (QED) is 0.793. The molecule has 3 nitrogen and oxygen atoms in total. The van der Waals surface area contributed by atoms with E-state index in [4.69, 9.17) is 9.47 Å². The average molecular weight is 193 g/mol.